The highest BCUT2D eigenvalue weighted by Crippen LogP contribution is 2.28. The average Bonchev–Trinajstić information content (AvgIpc) is 3.07. The molecule has 0 saturated heterocycles. The molecule has 0 aliphatic heterocycles. The van der Waals surface area contributed by atoms with Gasteiger partial charge in [-0.1, -0.05) is 59.5 Å². The quantitative estimate of drug-likeness (QED) is 0.596. The van der Waals surface area contributed by atoms with Crippen LogP contribution in [0.1, 0.15) is 0 Å². The number of aromatic nitrogens is 2. The second-order valence-corrected chi connectivity index (χ2v) is 7.20. The predicted octanol–water partition coefficient (Wildman–Crippen LogP) is 3.81. The average molecular weight is 359 g/mol. The molecular weight excluding hydrogens is 342 g/mol. The zero-order valence-electron chi connectivity index (χ0n) is 12.8. The number of nitrogens with one attached hydrogen (secondary N) is 1. The van der Waals surface area contributed by atoms with Crippen LogP contribution in [0, 0.1) is 0 Å². The van der Waals surface area contributed by atoms with Crippen LogP contribution in [0.5, 0.6) is 5.75 Å². The van der Waals surface area contributed by atoms with E-state index in [1.165, 1.54) is 23.1 Å². The highest BCUT2D eigenvalue weighted by molar-refractivity contribution is 8.01. The van der Waals surface area contributed by atoms with Crippen molar-refractivity contribution in [1.82, 2.24) is 10.2 Å². The van der Waals surface area contributed by atoms with Gasteiger partial charge in [0.25, 0.3) is 0 Å². The van der Waals surface area contributed by atoms with Crippen LogP contribution >= 0.6 is 23.1 Å². The molecule has 2 aromatic carbocycles. The molecule has 124 valence electrons. The van der Waals surface area contributed by atoms with E-state index in [1.807, 2.05) is 60.7 Å². The number of hydrogen-bond donors (Lipinski definition) is 2. The molecule has 0 fully saturated rings. The Morgan fingerprint density at radius 2 is 1.75 bits per heavy atom. The third kappa shape index (κ3) is 5.23. The van der Waals surface area contributed by atoms with Crippen LogP contribution in [-0.2, 0) is 0 Å². The lowest BCUT2D eigenvalue weighted by Gasteiger charge is -2.10. The zero-order chi connectivity index (χ0) is 16.6. The first kappa shape index (κ1) is 16.8. The van der Waals surface area contributed by atoms with E-state index >= 15 is 0 Å². The first-order valence-electron chi connectivity index (χ1n) is 7.44. The van der Waals surface area contributed by atoms with Gasteiger partial charge >= 0.3 is 0 Å². The normalized spacial score (nSPS) is 11.9. The fraction of sp³-hybridized carbons (Fsp3) is 0.176. The molecule has 7 heteroatoms. The molecule has 0 bridgehead atoms. The van der Waals surface area contributed by atoms with E-state index < -0.39 is 6.10 Å². The summed E-state index contributed by atoms with van der Waals surface area (Å²) in [6.45, 7) is 0.255. The molecule has 24 heavy (non-hydrogen) atoms. The second-order valence-electron chi connectivity index (χ2n) is 4.95. The molecule has 0 aliphatic rings. The molecule has 0 saturated carbocycles. The number of benzene rings is 2. The maximum atomic E-state index is 10.0. The smallest absolute Gasteiger partial charge is 0.210 e. The van der Waals surface area contributed by atoms with Crippen molar-refractivity contribution in [2.45, 2.75) is 10.4 Å². The van der Waals surface area contributed by atoms with Crippen LogP contribution in [-0.4, -0.2) is 33.8 Å². The summed E-state index contributed by atoms with van der Waals surface area (Å²) in [6.07, 6.45) is -0.565. The first-order chi connectivity index (χ1) is 11.8. The number of ether oxygens (including phenoxy) is 1. The topological polar surface area (TPSA) is 67.3 Å². The van der Waals surface area contributed by atoms with Gasteiger partial charge in [-0.15, -0.1) is 10.2 Å². The van der Waals surface area contributed by atoms with E-state index in [9.17, 15) is 5.11 Å². The lowest BCUT2D eigenvalue weighted by molar-refractivity contribution is 0.126. The molecule has 2 N–H and O–H groups in total. The molecule has 0 amide bonds. The Morgan fingerprint density at radius 1 is 1.04 bits per heavy atom. The van der Waals surface area contributed by atoms with Crippen LogP contribution in [0.4, 0.5) is 10.8 Å². The first-order valence-corrected chi connectivity index (χ1v) is 9.24. The molecule has 0 spiro atoms. The molecule has 0 aliphatic carbocycles. The van der Waals surface area contributed by atoms with E-state index in [1.54, 1.807) is 0 Å². The Hall–Kier alpha value is -2.09. The lowest BCUT2D eigenvalue weighted by atomic mass is 10.3. The number of aliphatic hydroxyl groups excluding tert-OH is 1. The predicted molar refractivity (Wildman–Crippen MR) is 98.3 cm³/mol. The molecule has 5 nitrogen and oxygen atoms in total. The molecular formula is C17H17N3O2S2. The minimum Gasteiger partial charge on any atom is -0.491 e. The van der Waals surface area contributed by atoms with E-state index in [0.717, 1.165) is 20.9 Å². The molecule has 3 aromatic rings. The molecule has 1 aromatic heterocycles. The van der Waals surface area contributed by atoms with Gasteiger partial charge in [-0.3, -0.25) is 0 Å². The summed E-state index contributed by atoms with van der Waals surface area (Å²) in [5.74, 6) is 1.26. The number of aliphatic hydroxyl groups is 1. The van der Waals surface area contributed by atoms with Crippen LogP contribution in [0.3, 0.4) is 0 Å². The highest BCUT2D eigenvalue weighted by atomic mass is 32.2. The zero-order valence-corrected chi connectivity index (χ0v) is 14.5. The van der Waals surface area contributed by atoms with E-state index in [4.69, 9.17) is 4.74 Å². The highest BCUT2D eigenvalue weighted by Gasteiger charge is 2.10. The standard InChI is InChI=1S/C17H17N3O2S2/c21-14(11-22-15-9-5-2-6-10-15)12-23-17-20-19-16(24-17)18-13-7-3-1-4-8-13/h1-10,14,21H,11-12H2,(H,18,19). The molecule has 1 unspecified atom stereocenters. The summed E-state index contributed by atoms with van der Waals surface area (Å²) in [6, 6.07) is 19.3. The van der Waals surface area contributed by atoms with Crippen LogP contribution in [0.2, 0.25) is 0 Å². The maximum Gasteiger partial charge on any atom is 0.210 e. The third-order valence-electron chi connectivity index (χ3n) is 3.02. The van der Waals surface area contributed by atoms with Crippen LogP contribution < -0.4 is 10.1 Å². The van der Waals surface area contributed by atoms with Crippen LogP contribution in [0.15, 0.2) is 65.0 Å². The second kappa shape index (κ2) is 8.68. The molecule has 1 heterocycles. The van der Waals surface area contributed by atoms with Gasteiger partial charge in [0.1, 0.15) is 12.4 Å². The lowest BCUT2D eigenvalue weighted by Crippen LogP contribution is -2.19. The number of rotatable bonds is 8. The Labute approximate surface area is 148 Å². The summed E-state index contributed by atoms with van der Waals surface area (Å²) < 4.78 is 6.34. The fourth-order valence-corrected chi connectivity index (χ4v) is 3.59. The molecule has 1 atom stereocenters. The van der Waals surface area contributed by atoms with Crippen molar-refractivity contribution in [3.8, 4) is 5.75 Å². The minimum atomic E-state index is -0.565. The van der Waals surface area contributed by atoms with Crippen molar-refractivity contribution in [2.24, 2.45) is 0 Å². The summed E-state index contributed by atoms with van der Waals surface area (Å²) in [5.41, 5.74) is 0.974. The molecule has 0 radical (unpaired) electrons. The fourth-order valence-electron chi connectivity index (χ4n) is 1.89. The van der Waals surface area contributed by atoms with Crippen molar-refractivity contribution in [1.29, 1.82) is 0 Å². The maximum absolute atomic E-state index is 10.0. The Bertz CT molecular complexity index is 738. The van der Waals surface area contributed by atoms with Crippen molar-refractivity contribution in [3.05, 3.63) is 60.7 Å². The van der Waals surface area contributed by atoms with Crippen molar-refractivity contribution in [2.75, 3.05) is 17.7 Å². The Kier molecular flexibility index (Phi) is 6.06. The third-order valence-corrected chi connectivity index (χ3v) is 5.13. The van der Waals surface area contributed by atoms with Gasteiger partial charge in [-0.05, 0) is 24.3 Å². The largest absolute Gasteiger partial charge is 0.491 e. The van der Waals surface area contributed by atoms with Crippen molar-refractivity contribution >= 4 is 33.9 Å². The van der Waals surface area contributed by atoms with Crippen LogP contribution in [0.25, 0.3) is 0 Å². The van der Waals surface area contributed by atoms with Gasteiger partial charge in [0.2, 0.25) is 5.13 Å². The number of thioether (sulfide) groups is 1. The summed E-state index contributed by atoms with van der Waals surface area (Å²) in [5, 5.41) is 22.2. The minimum absolute atomic E-state index is 0.255. The van der Waals surface area contributed by atoms with Gasteiger partial charge < -0.3 is 15.2 Å². The van der Waals surface area contributed by atoms with Gasteiger partial charge in [-0.25, -0.2) is 0 Å². The molecule has 3 rings (SSSR count). The van der Waals surface area contributed by atoms with Gasteiger partial charge in [0, 0.05) is 11.4 Å². The SMILES string of the molecule is OC(COc1ccccc1)CSc1nnc(Nc2ccccc2)s1. The Morgan fingerprint density at radius 3 is 2.50 bits per heavy atom. The van der Waals surface area contributed by atoms with Gasteiger partial charge in [-0.2, -0.15) is 0 Å². The number of hydrogen-bond acceptors (Lipinski definition) is 7. The summed E-state index contributed by atoms with van der Waals surface area (Å²) in [4.78, 5) is 0. The van der Waals surface area contributed by atoms with E-state index in [-0.39, 0.29) is 6.61 Å². The van der Waals surface area contributed by atoms with Gasteiger partial charge in [0.15, 0.2) is 4.34 Å². The number of para-hydroxylation sites is 2. The summed E-state index contributed by atoms with van der Waals surface area (Å²) >= 11 is 2.93. The van der Waals surface area contributed by atoms with Crippen molar-refractivity contribution in [3.63, 3.8) is 0 Å². The van der Waals surface area contributed by atoms with Crippen molar-refractivity contribution < 1.29 is 9.84 Å². The van der Waals surface area contributed by atoms with E-state index in [2.05, 4.69) is 15.5 Å². The van der Waals surface area contributed by atoms with Gasteiger partial charge in [0.05, 0.1) is 6.10 Å². The van der Waals surface area contributed by atoms with E-state index in [0.29, 0.717) is 5.75 Å². The Balaban J connectivity index is 1.43. The summed E-state index contributed by atoms with van der Waals surface area (Å²) in [7, 11) is 0. The number of nitrogens with zero attached hydrogens (tertiary/aromatic N) is 2. The number of anilines is 2. The monoisotopic (exact) mass is 359 g/mol.